The Morgan fingerprint density at radius 2 is 0.529 bits per heavy atom. The first-order chi connectivity index (χ1) is 33.4. The van der Waals surface area contributed by atoms with Gasteiger partial charge >= 0.3 is 6.18 Å². The van der Waals surface area contributed by atoms with Gasteiger partial charge in [-0.05, 0) is 93.0 Å². The Labute approximate surface area is 392 Å². The summed E-state index contributed by atoms with van der Waals surface area (Å²) < 4.78 is 53.5. The van der Waals surface area contributed by atoms with E-state index in [2.05, 4.69) is 35.2 Å². The number of halogens is 3. The Kier molecular flexibility index (Phi) is 8.93. The smallest absolute Gasteiger partial charge is 0.308 e. The molecule has 4 heterocycles. The minimum Gasteiger partial charge on any atom is -0.308 e. The van der Waals surface area contributed by atoms with E-state index >= 15 is 13.2 Å². The van der Waals surface area contributed by atoms with Gasteiger partial charge in [-0.2, -0.15) is 18.4 Å². The van der Waals surface area contributed by atoms with E-state index in [-0.39, 0.29) is 22.6 Å². The molecule has 13 rings (SSSR count). The van der Waals surface area contributed by atoms with Crippen LogP contribution in [0.25, 0.3) is 0 Å². The molecular weight excluding hydrogens is 848 g/mol. The Bertz CT molecular complexity index is 3410. The summed E-state index contributed by atoms with van der Waals surface area (Å²) in [5.41, 5.74) is 12.2. The van der Waals surface area contributed by atoms with Gasteiger partial charge in [-0.1, -0.05) is 146 Å². The van der Waals surface area contributed by atoms with Crippen molar-refractivity contribution in [2.24, 2.45) is 0 Å². The average Bonchev–Trinajstić information content (AvgIpc) is 3.37. The number of hydrogen-bond donors (Lipinski definition) is 0. The summed E-state index contributed by atoms with van der Waals surface area (Å²) in [6, 6.07) is 65.6. The topological polar surface area (TPSA) is 36.8 Å². The van der Waals surface area contributed by atoms with Crippen LogP contribution in [0.5, 0.6) is 0 Å². The second kappa shape index (κ2) is 15.3. The van der Waals surface area contributed by atoms with Crippen molar-refractivity contribution >= 4 is 68.2 Å². The number of nitrogens with zero attached hydrogens (tertiary/aromatic N) is 5. The van der Waals surface area contributed by atoms with Crippen LogP contribution in [0.3, 0.4) is 0 Å². The Hall–Kier alpha value is -8.54. The minimum absolute atomic E-state index is 0.0753. The lowest BCUT2D eigenvalue weighted by Crippen LogP contribution is -2.32. The van der Waals surface area contributed by atoms with Crippen LogP contribution in [0.4, 0.5) is 81.4 Å². The maximum Gasteiger partial charge on any atom is 0.420 e. The van der Waals surface area contributed by atoms with E-state index in [1.165, 1.54) is 0 Å². The van der Waals surface area contributed by atoms with Gasteiger partial charge in [-0.15, -0.1) is 0 Å². The van der Waals surface area contributed by atoms with E-state index < -0.39 is 11.7 Å². The zero-order valence-corrected chi connectivity index (χ0v) is 36.7. The van der Waals surface area contributed by atoms with E-state index in [1.54, 1.807) is 4.90 Å². The first-order valence-corrected chi connectivity index (χ1v) is 22.9. The average molecular weight is 888 g/mol. The fraction of sp³-hybridized carbons (Fsp3) is 0.0833. The lowest BCUT2D eigenvalue weighted by Gasteiger charge is -2.46. The van der Waals surface area contributed by atoms with Crippen molar-refractivity contribution in [2.75, 3.05) is 19.6 Å². The molecule has 8 heteroatoms. The highest BCUT2D eigenvalue weighted by atomic mass is 19.4. The van der Waals surface area contributed by atoms with Crippen molar-refractivity contribution < 1.29 is 13.2 Å². The van der Waals surface area contributed by atoms with Gasteiger partial charge in [-0.3, -0.25) is 0 Å². The Morgan fingerprint density at radius 3 is 0.779 bits per heavy atom. The van der Waals surface area contributed by atoms with E-state index in [1.807, 2.05) is 180 Å². The number of nitriles is 1. The van der Waals surface area contributed by atoms with E-state index in [9.17, 15) is 5.26 Å². The van der Waals surface area contributed by atoms with Crippen LogP contribution in [0.1, 0.15) is 55.6 Å². The molecule has 0 atom stereocenters. The quantitative estimate of drug-likeness (QED) is 0.176. The van der Waals surface area contributed by atoms with E-state index in [0.29, 0.717) is 54.1 Å². The Morgan fingerprint density at radius 1 is 0.309 bits per heavy atom. The van der Waals surface area contributed by atoms with Gasteiger partial charge in [0.2, 0.25) is 0 Å². The van der Waals surface area contributed by atoms with Crippen molar-refractivity contribution in [1.29, 1.82) is 5.26 Å². The molecule has 0 N–H and O–H groups in total. The normalized spacial score (nSPS) is 14.0. The zero-order chi connectivity index (χ0) is 45.7. The molecule has 4 aliphatic heterocycles. The molecular formula is C60H40F3N5. The van der Waals surface area contributed by atoms with E-state index in [4.69, 9.17) is 0 Å². The third-order valence-corrected chi connectivity index (χ3v) is 14.1. The fourth-order valence-electron chi connectivity index (χ4n) is 11.3. The first kappa shape index (κ1) is 39.8. The lowest BCUT2D eigenvalue weighted by atomic mass is 9.87. The molecule has 0 aliphatic carbocycles. The molecule has 0 radical (unpaired) electrons. The number of para-hydroxylation sites is 8. The first-order valence-electron chi connectivity index (χ1n) is 22.9. The largest absolute Gasteiger partial charge is 0.420 e. The predicted octanol–water partition coefficient (Wildman–Crippen LogP) is 16.1. The van der Waals surface area contributed by atoms with Crippen LogP contribution < -0.4 is 19.6 Å². The van der Waals surface area contributed by atoms with Gasteiger partial charge in [0.25, 0.3) is 0 Å². The summed E-state index contributed by atoms with van der Waals surface area (Å²) in [7, 11) is 0. The van der Waals surface area contributed by atoms with Crippen molar-refractivity contribution in [3.05, 3.63) is 250 Å². The fourth-order valence-corrected chi connectivity index (χ4v) is 11.3. The molecule has 0 saturated heterocycles. The standard InChI is InChI=1S/C60H40F3N5/c61-60(62,63)55-56(65-47-25-9-1-17-38(47)33-39-18-2-10-26-48(39)65)46(37-64)57(66-49-27-11-3-19-40(49)34-41-20-4-12-28-50(41)66)59(68-53-31-15-7-23-44(53)36-45-24-8-16-32-54(45)68)58(55)67-51-29-13-5-21-42(51)35-43-22-6-14-30-52(43)67/h1-32H,33-36H2. The van der Waals surface area contributed by atoms with Crippen LogP contribution in [-0.4, -0.2) is 0 Å². The van der Waals surface area contributed by atoms with Crippen LogP contribution in [0, 0.1) is 11.3 Å². The van der Waals surface area contributed by atoms with Gasteiger partial charge in [0.15, 0.2) is 0 Å². The molecule has 0 fully saturated rings. The monoisotopic (exact) mass is 887 g/mol. The molecule has 0 unspecified atom stereocenters. The SMILES string of the molecule is N#Cc1c(N2c3ccccc3Cc3ccccc32)c(N2c3ccccc3Cc3ccccc32)c(N2c3ccccc3Cc3ccccc32)c(C(F)(F)F)c1N1c2ccccc2Cc2ccccc21. The molecule has 68 heavy (non-hydrogen) atoms. The molecule has 4 aliphatic rings. The van der Waals surface area contributed by atoms with Gasteiger partial charge in [-0.25, -0.2) is 0 Å². The summed E-state index contributed by atoms with van der Waals surface area (Å²) in [6.07, 6.45) is -2.79. The second-order valence-electron chi connectivity index (χ2n) is 17.8. The molecule has 0 spiro atoms. The molecule has 0 bridgehead atoms. The van der Waals surface area contributed by atoms with Crippen LogP contribution in [0.2, 0.25) is 0 Å². The zero-order valence-electron chi connectivity index (χ0n) is 36.7. The van der Waals surface area contributed by atoms with Gasteiger partial charge in [0.1, 0.15) is 17.2 Å². The van der Waals surface area contributed by atoms with Gasteiger partial charge in [0, 0.05) is 71.2 Å². The van der Waals surface area contributed by atoms with Crippen LogP contribution >= 0.6 is 0 Å². The maximum absolute atomic E-state index is 17.8. The van der Waals surface area contributed by atoms with Crippen molar-refractivity contribution in [1.82, 2.24) is 0 Å². The Balaban J connectivity index is 1.32. The predicted molar refractivity (Wildman–Crippen MR) is 266 cm³/mol. The summed E-state index contributed by atoms with van der Waals surface area (Å²) in [5, 5.41) is 12.3. The molecule has 0 amide bonds. The highest BCUT2D eigenvalue weighted by Gasteiger charge is 2.49. The number of alkyl halides is 3. The van der Waals surface area contributed by atoms with Crippen LogP contribution in [0.15, 0.2) is 194 Å². The molecule has 0 saturated carbocycles. The molecule has 9 aromatic rings. The van der Waals surface area contributed by atoms with Gasteiger partial charge < -0.3 is 19.6 Å². The molecule has 9 aromatic carbocycles. The van der Waals surface area contributed by atoms with E-state index in [0.717, 1.165) is 67.3 Å². The highest BCUT2D eigenvalue weighted by molar-refractivity contribution is 6.11. The number of benzene rings is 9. The maximum atomic E-state index is 17.8. The number of fused-ring (bicyclic) bond motifs is 8. The van der Waals surface area contributed by atoms with Gasteiger partial charge in [0.05, 0.1) is 22.7 Å². The third-order valence-electron chi connectivity index (χ3n) is 14.1. The van der Waals surface area contributed by atoms with Crippen molar-refractivity contribution in [3.8, 4) is 6.07 Å². The minimum atomic E-state index is -5.03. The van der Waals surface area contributed by atoms with Crippen molar-refractivity contribution in [3.63, 3.8) is 0 Å². The lowest BCUT2D eigenvalue weighted by molar-refractivity contribution is -0.136. The summed E-state index contributed by atoms with van der Waals surface area (Å²) >= 11 is 0. The third kappa shape index (κ3) is 5.95. The summed E-state index contributed by atoms with van der Waals surface area (Å²) in [6.45, 7) is 0. The number of rotatable bonds is 4. The molecule has 5 nitrogen and oxygen atoms in total. The van der Waals surface area contributed by atoms with Crippen LogP contribution in [-0.2, 0) is 31.9 Å². The summed E-state index contributed by atoms with van der Waals surface area (Å²) in [4.78, 5) is 7.69. The number of anilines is 12. The molecule has 326 valence electrons. The molecule has 0 aromatic heterocycles. The summed E-state index contributed by atoms with van der Waals surface area (Å²) in [5.74, 6) is 0. The highest BCUT2D eigenvalue weighted by Crippen LogP contribution is 2.65. The van der Waals surface area contributed by atoms with Crippen molar-refractivity contribution in [2.45, 2.75) is 31.9 Å². The second-order valence-corrected chi connectivity index (χ2v) is 17.8. The number of hydrogen-bond acceptors (Lipinski definition) is 5.